The van der Waals surface area contributed by atoms with Crippen LogP contribution < -0.4 is 10.7 Å². The fraction of sp³-hybridized carbons (Fsp3) is 0.375. The van der Waals surface area contributed by atoms with E-state index in [0.29, 0.717) is 5.56 Å². The molecule has 0 saturated heterocycles. The maximum atomic E-state index is 14.2. The maximum absolute atomic E-state index is 14.2. The van der Waals surface area contributed by atoms with Gasteiger partial charge in [0.15, 0.2) is 11.4 Å². The van der Waals surface area contributed by atoms with Crippen LogP contribution in [0.4, 0.5) is 8.78 Å². The summed E-state index contributed by atoms with van der Waals surface area (Å²) in [5, 5.41) is 13.0. The molecule has 34 heavy (non-hydrogen) atoms. The van der Waals surface area contributed by atoms with Crippen LogP contribution in [-0.4, -0.2) is 51.7 Å². The molecule has 4 rings (SSSR count). The van der Waals surface area contributed by atoms with E-state index in [2.05, 4.69) is 5.32 Å². The molecule has 2 amide bonds. The topological polar surface area (TPSA) is 101 Å². The molecule has 0 radical (unpaired) electrons. The largest absolute Gasteiger partial charge is 0.503 e. The van der Waals surface area contributed by atoms with Gasteiger partial charge in [0.25, 0.3) is 11.8 Å². The van der Waals surface area contributed by atoms with E-state index in [1.165, 1.54) is 29.7 Å². The molecule has 0 fully saturated rings. The lowest BCUT2D eigenvalue weighted by Gasteiger charge is -2.42. The van der Waals surface area contributed by atoms with Crippen molar-refractivity contribution in [2.24, 2.45) is 0 Å². The van der Waals surface area contributed by atoms with E-state index in [1.807, 2.05) is 13.0 Å². The van der Waals surface area contributed by atoms with Crippen molar-refractivity contribution in [1.82, 2.24) is 14.8 Å². The van der Waals surface area contributed by atoms with Crippen molar-refractivity contribution in [1.29, 1.82) is 0 Å². The number of fused-ring (bicyclic) bond motifs is 4. The number of ether oxygens (including phenoxy) is 1. The minimum absolute atomic E-state index is 0.216. The van der Waals surface area contributed by atoms with Crippen LogP contribution in [0, 0.1) is 18.6 Å². The highest BCUT2D eigenvalue weighted by Crippen LogP contribution is 2.38. The van der Waals surface area contributed by atoms with Crippen molar-refractivity contribution in [3.05, 3.63) is 74.7 Å². The molecule has 0 aliphatic carbocycles. The van der Waals surface area contributed by atoms with Gasteiger partial charge in [0.05, 0.1) is 6.04 Å². The Labute approximate surface area is 194 Å². The van der Waals surface area contributed by atoms with Gasteiger partial charge in [-0.1, -0.05) is 12.2 Å². The Kier molecular flexibility index (Phi) is 5.80. The van der Waals surface area contributed by atoms with Crippen LogP contribution in [0.3, 0.4) is 0 Å². The van der Waals surface area contributed by atoms with E-state index in [4.69, 9.17) is 4.74 Å². The molecular formula is C24H25F2N3O5. The Hall–Kier alpha value is -3.53. The van der Waals surface area contributed by atoms with Gasteiger partial charge in [-0.05, 0) is 38.5 Å². The number of carbonyl (C=O) groups excluding carboxylic acids is 2. The number of nitrogens with one attached hydrogen (secondary N) is 1. The van der Waals surface area contributed by atoms with Gasteiger partial charge in [-0.15, -0.1) is 0 Å². The van der Waals surface area contributed by atoms with Gasteiger partial charge in [0.2, 0.25) is 5.43 Å². The smallest absolute Gasteiger partial charge is 0.275 e. The van der Waals surface area contributed by atoms with Gasteiger partial charge in [-0.3, -0.25) is 14.4 Å². The van der Waals surface area contributed by atoms with E-state index in [9.17, 15) is 28.3 Å². The second kappa shape index (κ2) is 8.35. The van der Waals surface area contributed by atoms with E-state index >= 15 is 0 Å². The van der Waals surface area contributed by atoms with E-state index < -0.39 is 58.4 Å². The van der Waals surface area contributed by atoms with E-state index in [0.717, 1.165) is 12.1 Å². The third-order valence-electron chi connectivity index (χ3n) is 6.63. The van der Waals surface area contributed by atoms with Gasteiger partial charge in [0.1, 0.15) is 22.8 Å². The van der Waals surface area contributed by atoms with Crippen molar-refractivity contribution in [2.45, 2.75) is 45.0 Å². The number of aromatic nitrogens is 1. The SMILES string of the molecule is CO[C@@]1(C)C=C[C@H](C)N2C[C@H]1n1cc(C(=O)NCc3c(F)cc(C)cc3F)c(=O)c(O)c1C2=O. The third kappa shape index (κ3) is 3.67. The van der Waals surface area contributed by atoms with Gasteiger partial charge >= 0.3 is 0 Å². The fourth-order valence-electron chi connectivity index (χ4n) is 4.45. The lowest BCUT2D eigenvalue weighted by Crippen LogP contribution is -2.52. The third-order valence-corrected chi connectivity index (χ3v) is 6.63. The molecule has 10 heteroatoms. The highest BCUT2D eigenvalue weighted by Gasteiger charge is 2.46. The first-order chi connectivity index (χ1) is 16.0. The number of carbonyl (C=O) groups is 2. The van der Waals surface area contributed by atoms with E-state index in [-0.39, 0.29) is 23.8 Å². The molecule has 2 N–H and O–H groups in total. The zero-order valence-corrected chi connectivity index (χ0v) is 19.2. The second-order valence-corrected chi connectivity index (χ2v) is 8.83. The molecule has 0 unspecified atom stereocenters. The number of hydrogen-bond acceptors (Lipinski definition) is 5. The summed E-state index contributed by atoms with van der Waals surface area (Å²) >= 11 is 0. The number of methoxy groups -OCH3 is 1. The second-order valence-electron chi connectivity index (χ2n) is 8.83. The number of nitrogens with zero attached hydrogens (tertiary/aromatic N) is 2. The van der Waals surface area contributed by atoms with Crippen LogP contribution in [0.1, 0.15) is 51.9 Å². The Balaban J connectivity index is 1.76. The summed E-state index contributed by atoms with van der Waals surface area (Å²) in [6, 6.07) is 1.40. The van der Waals surface area contributed by atoms with Gasteiger partial charge in [0, 0.05) is 38.0 Å². The molecular weight excluding hydrogens is 448 g/mol. The first kappa shape index (κ1) is 23.6. The van der Waals surface area contributed by atoms with Crippen molar-refractivity contribution >= 4 is 11.8 Å². The molecule has 2 aliphatic rings. The summed E-state index contributed by atoms with van der Waals surface area (Å²) in [7, 11) is 1.50. The standard InChI is InChI=1S/C24H25F2N3O5/c1-12-7-16(25)14(17(26)8-12)9-27-22(32)15-10-29-18-11-28(13(2)5-6-24(18,3)34-4)23(33)19(29)21(31)20(15)30/h5-8,10,13,18,31H,9,11H2,1-4H3,(H,27,32)/t13-,18+,24-/m0/s1. The first-order valence-electron chi connectivity index (χ1n) is 10.7. The van der Waals surface area contributed by atoms with Gasteiger partial charge in [-0.2, -0.15) is 0 Å². The molecule has 180 valence electrons. The number of rotatable bonds is 4. The maximum Gasteiger partial charge on any atom is 0.275 e. The Morgan fingerprint density at radius 3 is 2.56 bits per heavy atom. The number of benzene rings is 1. The molecule has 1 aromatic carbocycles. The molecule has 0 saturated carbocycles. The number of aryl methyl sites for hydroxylation is 1. The molecule has 3 heterocycles. The van der Waals surface area contributed by atoms with Crippen LogP contribution in [-0.2, 0) is 11.3 Å². The number of hydrogen-bond donors (Lipinski definition) is 2. The van der Waals surface area contributed by atoms with Gasteiger partial charge in [-0.25, -0.2) is 8.78 Å². The average molecular weight is 473 g/mol. The van der Waals surface area contributed by atoms with Crippen LogP contribution >= 0.6 is 0 Å². The minimum Gasteiger partial charge on any atom is -0.503 e. The highest BCUT2D eigenvalue weighted by molar-refractivity contribution is 5.99. The number of pyridine rings is 1. The average Bonchev–Trinajstić information content (AvgIpc) is 2.89. The summed E-state index contributed by atoms with van der Waals surface area (Å²) in [5.74, 6) is -4.03. The van der Waals surface area contributed by atoms with Crippen LogP contribution in [0.2, 0.25) is 0 Å². The number of aromatic hydroxyl groups is 1. The van der Waals surface area contributed by atoms with Crippen LogP contribution in [0.25, 0.3) is 0 Å². The highest BCUT2D eigenvalue weighted by atomic mass is 19.1. The van der Waals surface area contributed by atoms with Crippen LogP contribution in [0.5, 0.6) is 5.75 Å². The first-order valence-corrected chi connectivity index (χ1v) is 10.7. The van der Waals surface area contributed by atoms with Crippen molar-refractivity contribution in [2.75, 3.05) is 13.7 Å². The summed E-state index contributed by atoms with van der Waals surface area (Å²) in [6.45, 7) is 4.84. The zero-order valence-electron chi connectivity index (χ0n) is 19.2. The Morgan fingerprint density at radius 2 is 1.94 bits per heavy atom. The number of amides is 2. The molecule has 3 atom stereocenters. The predicted molar refractivity (Wildman–Crippen MR) is 119 cm³/mol. The molecule has 2 bridgehead atoms. The zero-order chi connectivity index (χ0) is 24.9. The normalized spacial score (nSPS) is 23.5. The minimum atomic E-state index is -1.05. The Morgan fingerprint density at radius 1 is 1.29 bits per heavy atom. The predicted octanol–water partition coefficient (Wildman–Crippen LogP) is 2.43. The molecule has 1 aromatic heterocycles. The quantitative estimate of drug-likeness (QED) is 0.665. The summed E-state index contributed by atoms with van der Waals surface area (Å²) in [6.07, 6.45) is 4.80. The lowest BCUT2D eigenvalue weighted by molar-refractivity contribution is -0.0126. The molecule has 2 aromatic rings. The molecule has 0 spiro atoms. The monoisotopic (exact) mass is 473 g/mol. The summed E-state index contributed by atoms with van der Waals surface area (Å²) in [4.78, 5) is 40.3. The molecule has 8 nitrogen and oxygen atoms in total. The van der Waals surface area contributed by atoms with E-state index in [1.54, 1.807) is 13.0 Å². The van der Waals surface area contributed by atoms with Crippen LogP contribution in [0.15, 0.2) is 35.3 Å². The van der Waals surface area contributed by atoms with Crippen molar-refractivity contribution < 1.29 is 28.2 Å². The number of halogens is 2. The molecule has 2 aliphatic heterocycles. The van der Waals surface area contributed by atoms with Gasteiger partial charge < -0.3 is 24.6 Å². The van der Waals surface area contributed by atoms with Crippen molar-refractivity contribution in [3.8, 4) is 5.75 Å². The lowest BCUT2D eigenvalue weighted by atomic mass is 9.93. The summed E-state index contributed by atoms with van der Waals surface area (Å²) in [5.41, 5.74) is -2.65. The summed E-state index contributed by atoms with van der Waals surface area (Å²) < 4.78 is 35.4. The fourth-order valence-corrected chi connectivity index (χ4v) is 4.45. The Bertz CT molecular complexity index is 1270. The van der Waals surface area contributed by atoms with Crippen molar-refractivity contribution in [3.63, 3.8) is 0 Å².